The van der Waals surface area contributed by atoms with Crippen molar-refractivity contribution in [2.75, 3.05) is 6.61 Å². The molecule has 1 heterocycles. The number of rotatable bonds is 6. The van der Waals surface area contributed by atoms with E-state index in [0.29, 0.717) is 5.02 Å². The Balaban J connectivity index is 1.83. The number of hydrogen-bond acceptors (Lipinski definition) is 9. The predicted molar refractivity (Wildman–Crippen MR) is 107 cm³/mol. The smallest absolute Gasteiger partial charge is 0.347 e. The Morgan fingerprint density at radius 2 is 1.97 bits per heavy atom. The molecule has 31 heavy (non-hydrogen) atoms. The first-order chi connectivity index (χ1) is 14.7. The van der Waals surface area contributed by atoms with Gasteiger partial charge in [-0.1, -0.05) is 23.2 Å². The Kier molecular flexibility index (Phi) is 7.31. The van der Waals surface area contributed by atoms with Gasteiger partial charge in [-0.3, -0.25) is 10.1 Å². The normalized spacial score (nSPS) is 23.3. The molecule has 1 fully saturated rings. The van der Waals surface area contributed by atoms with Crippen LogP contribution in [0.3, 0.4) is 0 Å². The number of hydrogen-bond donors (Lipinski definition) is 3. The van der Waals surface area contributed by atoms with Crippen LogP contribution in [0.1, 0.15) is 16.8 Å². The molecule has 1 aliphatic heterocycles. The average molecular weight is 474 g/mol. The van der Waals surface area contributed by atoms with Crippen LogP contribution in [0, 0.1) is 10.1 Å². The fraction of sp³-hybridized carbons (Fsp3) is 0.316. The van der Waals surface area contributed by atoms with Crippen LogP contribution in [-0.4, -0.2) is 57.4 Å². The van der Waals surface area contributed by atoms with Gasteiger partial charge in [0, 0.05) is 23.6 Å². The molecule has 3 N–H and O–H groups in total. The molecule has 1 aliphatic rings. The molecule has 1 saturated heterocycles. The van der Waals surface area contributed by atoms with E-state index in [2.05, 4.69) is 0 Å². The van der Waals surface area contributed by atoms with E-state index in [9.17, 15) is 30.2 Å². The van der Waals surface area contributed by atoms with E-state index in [4.69, 9.17) is 37.4 Å². The molecule has 2 aromatic carbocycles. The van der Waals surface area contributed by atoms with Crippen LogP contribution in [0.2, 0.25) is 10.0 Å². The quantitative estimate of drug-likeness (QED) is 0.326. The number of aliphatic hydroxyl groups is 3. The van der Waals surface area contributed by atoms with Gasteiger partial charge in [0.15, 0.2) is 0 Å². The first-order valence-corrected chi connectivity index (χ1v) is 9.70. The highest BCUT2D eigenvalue weighted by Crippen LogP contribution is 2.34. The lowest BCUT2D eigenvalue weighted by Crippen LogP contribution is -2.50. The fourth-order valence-corrected chi connectivity index (χ4v) is 3.36. The second kappa shape index (κ2) is 9.77. The molecular weight excluding hydrogens is 457 g/mol. The second-order valence-corrected chi connectivity index (χ2v) is 7.44. The van der Waals surface area contributed by atoms with E-state index < -0.39 is 53.4 Å². The summed E-state index contributed by atoms with van der Waals surface area (Å²) in [6, 6.07) is 7.90. The summed E-state index contributed by atoms with van der Waals surface area (Å²) in [5.74, 6) is -0.850. The van der Waals surface area contributed by atoms with Crippen molar-refractivity contribution < 1.29 is 39.2 Å². The zero-order chi connectivity index (χ0) is 22.7. The third-order valence-corrected chi connectivity index (χ3v) is 4.99. The Bertz CT molecular complexity index is 987. The maximum atomic E-state index is 12.6. The molecule has 0 aromatic heterocycles. The van der Waals surface area contributed by atoms with E-state index in [1.54, 1.807) is 0 Å². The zero-order valence-electron chi connectivity index (χ0n) is 15.7. The van der Waals surface area contributed by atoms with Crippen molar-refractivity contribution in [3.05, 3.63) is 62.1 Å². The minimum absolute atomic E-state index is 0.0648. The van der Waals surface area contributed by atoms with Crippen LogP contribution < -0.4 is 4.74 Å². The summed E-state index contributed by atoms with van der Waals surface area (Å²) >= 11 is 11.9. The summed E-state index contributed by atoms with van der Waals surface area (Å²) in [6.07, 6.45) is -5.49. The molecule has 0 aliphatic carbocycles. The molecule has 0 bridgehead atoms. The van der Waals surface area contributed by atoms with Gasteiger partial charge >= 0.3 is 5.97 Å². The molecule has 2 aromatic rings. The number of halogens is 2. The summed E-state index contributed by atoms with van der Waals surface area (Å²) in [5, 5.41) is 40.7. The molecule has 0 unspecified atom stereocenters. The van der Waals surface area contributed by atoms with Crippen LogP contribution in [0.5, 0.6) is 11.5 Å². The van der Waals surface area contributed by atoms with Gasteiger partial charge in [-0.05, 0) is 24.3 Å². The van der Waals surface area contributed by atoms with Gasteiger partial charge < -0.3 is 29.5 Å². The Hall–Kier alpha value is -2.47. The molecule has 3 rings (SSSR count). The Morgan fingerprint density at radius 3 is 2.61 bits per heavy atom. The molecule has 0 saturated carbocycles. The summed E-state index contributed by atoms with van der Waals surface area (Å²) < 4.78 is 15.9. The highest BCUT2D eigenvalue weighted by atomic mass is 35.5. The molecular formula is C19H17Cl2NO9. The van der Waals surface area contributed by atoms with Gasteiger partial charge in [-0.15, -0.1) is 0 Å². The number of esters is 1. The van der Waals surface area contributed by atoms with Crippen LogP contribution in [0.25, 0.3) is 0 Å². The Morgan fingerprint density at radius 1 is 1.23 bits per heavy atom. The third-order valence-electron chi connectivity index (χ3n) is 4.46. The standard InChI is InChI=1S/C19H17Cl2NO9/c20-9-1-4-15(12(21)5-9)29-10-2-3-13(22(27)28)11(6-10)19(26)31-17-7-14(24)18(25)16(8-23)30-17/h1-6,14,16-18,23-25H,7-8H2/t14-,16-,17-,18+/m1/s1. The number of carbonyl (C=O) groups excluding carboxylic acids is 1. The first-order valence-electron chi connectivity index (χ1n) is 8.94. The molecule has 4 atom stereocenters. The lowest BCUT2D eigenvalue weighted by atomic mass is 10.0. The van der Waals surface area contributed by atoms with Crippen molar-refractivity contribution in [3.63, 3.8) is 0 Å². The molecule has 166 valence electrons. The largest absolute Gasteiger partial charge is 0.456 e. The molecule has 10 nitrogen and oxygen atoms in total. The minimum Gasteiger partial charge on any atom is -0.456 e. The highest BCUT2D eigenvalue weighted by molar-refractivity contribution is 6.35. The lowest BCUT2D eigenvalue weighted by Gasteiger charge is -2.35. The first kappa shape index (κ1) is 23.2. The van der Waals surface area contributed by atoms with Crippen molar-refractivity contribution in [1.82, 2.24) is 0 Å². The van der Waals surface area contributed by atoms with Crippen molar-refractivity contribution in [2.45, 2.75) is 31.0 Å². The number of aliphatic hydroxyl groups excluding tert-OH is 3. The summed E-state index contributed by atoms with van der Waals surface area (Å²) in [5.41, 5.74) is -0.980. The van der Waals surface area contributed by atoms with Gasteiger partial charge in [0.05, 0.1) is 22.7 Å². The highest BCUT2D eigenvalue weighted by Gasteiger charge is 2.38. The maximum absolute atomic E-state index is 12.6. The third kappa shape index (κ3) is 5.42. The molecule has 0 radical (unpaired) electrons. The maximum Gasteiger partial charge on any atom is 0.347 e. The van der Waals surface area contributed by atoms with Gasteiger partial charge in [0.2, 0.25) is 6.29 Å². The summed E-state index contributed by atoms with van der Waals surface area (Å²) in [7, 11) is 0. The van der Waals surface area contributed by atoms with E-state index in [-0.39, 0.29) is 22.9 Å². The molecule has 0 spiro atoms. The van der Waals surface area contributed by atoms with Crippen LogP contribution in [-0.2, 0) is 9.47 Å². The minimum atomic E-state index is -1.37. The monoisotopic (exact) mass is 473 g/mol. The van der Waals surface area contributed by atoms with Crippen LogP contribution >= 0.6 is 23.2 Å². The number of ether oxygens (including phenoxy) is 3. The number of benzene rings is 2. The predicted octanol–water partition coefficient (Wildman–Crippen LogP) is 2.68. The van der Waals surface area contributed by atoms with E-state index in [1.807, 2.05) is 0 Å². The SMILES string of the molecule is O=C(O[C@@H]1C[C@@H](O)[C@H](O)[C@@H](CO)O1)c1cc(Oc2ccc(Cl)cc2Cl)ccc1[N+](=O)[O-]. The van der Waals surface area contributed by atoms with Gasteiger partial charge in [-0.25, -0.2) is 4.79 Å². The van der Waals surface area contributed by atoms with E-state index >= 15 is 0 Å². The van der Waals surface area contributed by atoms with Crippen molar-refractivity contribution in [1.29, 1.82) is 0 Å². The lowest BCUT2D eigenvalue weighted by molar-refractivity contribution is -0.385. The average Bonchev–Trinajstić information content (AvgIpc) is 2.72. The van der Waals surface area contributed by atoms with Crippen molar-refractivity contribution >= 4 is 34.9 Å². The van der Waals surface area contributed by atoms with Crippen molar-refractivity contribution in [2.24, 2.45) is 0 Å². The van der Waals surface area contributed by atoms with Gasteiger partial charge in [-0.2, -0.15) is 0 Å². The topological polar surface area (TPSA) is 149 Å². The van der Waals surface area contributed by atoms with Gasteiger partial charge in [0.25, 0.3) is 5.69 Å². The number of nitro benzene ring substituents is 1. The molecule has 0 amide bonds. The summed E-state index contributed by atoms with van der Waals surface area (Å²) in [4.78, 5) is 23.2. The Labute approximate surface area is 185 Å². The summed E-state index contributed by atoms with van der Waals surface area (Å²) in [6.45, 7) is -0.627. The fourth-order valence-electron chi connectivity index (χ4n) is 2.91. The zero-order valence-corrected chi connectivity index (χ0v) is 17.2. The van der Waals surface area contributed by atoms with Crippen LogP contribution in [0.15, 0.2) is 36.4 Å². The van der Waals surface area contributed by atoms with Crippen molar-refractivity contribution in [3.8, 4) is 11.5 Å². The van der Waals surface area contributed by atoms with Crippen LogP contribution in [0.4, 0.5) is 5.69 Å². The van der Waals surface area contributed by atoms with Gasteiger partial charge in [0.1, 0.15) is 29.3 Å². The van der Waals surface area contributed by atoms with E-state index in [0.717, 1.165) is 12.1 Å². The molecule has 12 heteroatoms. The number of carbonyl (C=O) groups is 1. The van der Waals surface area contributed by atoms with E-state index in [1.165, 1.54) is 24.3 Å². The second-order valence-electron chi connectivity index (χ2n) is 6.60. The number of nitrogens with zero attached hydrogens (tertiary/aromatic N) is 1. The number of nitro groups is 1.